The summed E-state index contributed by atoms with van der Waals surface area (Å²) < 4.78 is 18.4. The second-order valence-corrected chi connectivity index (χ2v) is 4.28. The summed E-state index contributed by atoms with van der Waals surface area (Å²) in [5.41, 5.74) is -0.100. The van der Waals surface area contributed by atoms with E-state index in [2.05, 4.69) is 0 Å². The minimum Gasteiger partial charge on any atom is -0.493 e. The molecule has 88 valence electrons. The molecule has 0 saturated heterocycles. The van der Waals surface area contributed by atoms with Gasteiger partial charge in [-0.25, -0.2) is 4.39 Å². The van der Waals surface area contributed by atoms with E-state index < -0.39 is 17.2 Å². The number of carbonyl (C=O) groups is 1. The fraction of sp³-hybridized carbons (Fsp3) is 0.417. The van der Waals surface area contributed by atoms with Crippen LogP contribution < -0.4 is 4.74 Å². The topological polar surface area (TPSA) is 46.5 Å². The van der Waals surface area contributed by atoms with Gasteiger partial charge >= 0.3 is 5.97 Å². The summed E-state index contributed by atoms with van der Waals surface area (Å²) in [6, 6.07) is 4.53. The zero-order chi connectivity index (χ0) is 12.3. The molecule has 0 aliphatic rings. The molecular formula is C12H15FO3. The van der Waals surface area contributed by atoms with Crippen molar-refractivity contribution in [2.24, 2.45) is 0 Å². The number of carboxylic acid groups (broad SMARTS) is 1. The molecule has 1 aromatic carbocycles. The van der Waals surface area contributed by atoms with Gasteiger partial charge in [-0.05, 0) is 6.07 Å². The van der Waals surface area contributed by atoms with Gasteiger partial charge in [0, 0.05) is 11.0 Å². The third kappa shape index (κ3) is 2.51. The van der Waals surface area contributed by atoms with Crippen molar-refractivity contribution < 1.29 is 19.0 Å². The highest BCUT2D eigenvalue weighted by molar-refractivity contribution is 5.69. The van der Waals surface area contributed by atoms with Crippen LogP contribution in [0.2, 0.25) is 0 Å². The van der Waals surface area contributed by atoms with E-state index in [4.69, 9.17) is 9.84 Å². The molecule has 0 aliphatic heterocycles. The number of hydrogen-bond acceptors (Lipinski definition) is 2. The van der Waals surface area contributed by atoms with Gasteiger partial charge in [0.25, 0.3) is 0 Å². The van der Waals surface area contributed by atoms with E-state index in [-0.39, 0.29) is 12.2 Å². The summed E-state index contributed by atoms with van der Waals surface area (Å²) in [6.07, 6.45) is -0.0766. The number of halogens is 1. The van der Waals surface area contributed by atoms with Crippen LogP contribution in [0.4, 0.5) is 4.39 Å². The van der Waals surface area contributed by atoms with Crippen LogP contribution in [-0.4, -0.2) is 18.2 Å². The molecule has 0 spiro atoms. The van der Waals surface area contributed by atoms with Crippen molar-refractivity contribution in [1.29, 1.82) is 0 Å². The van der Waals surface area contributed by atoms with E-state index in [9.17, 15) is 9.18 Å². The van der Waals surface area contributed by atoms with E-state index >= 15 is 0 Å². The van der Waals surface area contributed by atoms with Crippen molar-refractivity contribution in [3.8, 4) is 5.75 Å². The summed E-state index contributed by atoms with van der Waals surface area (Å²) in [5, 5.41) is 8.81. The Labute approximate surface area is 93.9 Å². The van der Waals surface area contributed by atoms with E-state index in [1.807, 2.05) is 0 Å². The Morgan fingerprint density at radius 2 is 2.12 bits per heavy atom. The van der Waals surface area contributed by atoms with Gasteiger partial charge in [0.1, 0.15) is 0 Å². The lowest BCUT2D eigenvalue weighted by Gasteiger charge is -2.25. The molecule has 16 heavy (non-hydrogen) atoms. The van der Waals surface area contributed by atoms with Crippen LogP contribution in [-0.2, 0) is 10.2 Å². The van der Waals surface area contributed by atoms with E-state index in [0.717, 1.165) is 0 Å². The summed E-state index contributed by atoms with van der Waals surface area (Å²) in [7, 11) is 1.37. The SMILES string of the molecule is COc1c(F)cccc1C(C)(C)CC(=O)O. The normalized spacial score (nSPS) is 11.2. The minimum atomic E-state index is -0.920. The molecule has 0 fully saturated rings. The lowest BCUT2D eigenvalue weighted by atomic mass is 9.81. The molecule has 0 atom stereocenters. The Hall–Kier alpha value is -1.58. The van der Waals surface area contributed by atoms with Gasteiger partial charge in [-0.15, -0.1) is 0 Å². The van der Waals surface area contributed by atoms with Gasteiger partial charge in [-0.2, -0.15) is 0 Å². The number of rotatable bonds is 4. The second-order valence-electron chi connectivity index (χ2n) is 4.28. The molecule has 0 saturated carbocycles. The van der Waals surface area contributed by atoms with E-state index in [0.29, 0.717) is 5.56 Å². The van der Waals surface area contributed by atoms with E-state index in [1.54, 1.807) is 26.0 Å². The Balaban J connectivity index is 3.21. The van der Waals surface area contributed by atoms with Gasteiger partial charge < -0.3 is 9.84 Å². The highest BCUT2D eigenvalue weighted by Gasteiger charge is 2.28. The summed E-state index contributed by atoms with van der Waals surface area (Å²) in [5.74, 6) is -1.27. The molecular weight excluding hydrogens is 211 g/mol. The second kappa shape index (κ2) is 4.51. The minimum absolute atomic E-state index is 0.0766. The number of methoxy groups -OCH3 is 1. The van der Waals surface area contributed by atoms with Crippen molar-refractivity contribution in [2.45, 2.75) is 25.7 Å². The maximum atomic E-state index is 13.4. The molecule has 0 amide bonds. The molecule has 1 N–H and O–H groups in total. The zero-order valence-corrected chi connectivity index (χ0v) is 9.58. The first kappa shape index (κ1) is 12.5. The van der Waals surface area contributed by atoms with Crippen molar-refractivity contribution >= 4 is 5.97 Å². The van der Waals surface area contributed by atoms with Crippen molar-refractivity contribution in [1.82, 2.24) is 0 Å². The van der Waals surface area contributed by atoms with Gasteiger partial charge in [-0.3, -0.25) is 4.79 Å². The highest BCUT2D eigenvalue weighted by atomic mass is 19.1. The summed E-state index contributed by atoms with van der Waals surface area (Å²) >= 11 is 0. The summed E-state index contributed by atoms with van der Waals surface area (Å²) in [6.45, 7) is 3.50. The Morgan fingerprint density at radius 1 is 1.50 bits per heavy atom. The largest absolute Gasteiger partial charge is 0.493 e. The average molecular weight is 226 g/mol. The molecule has 3 nitrogen and oxygen atoms in total. The molecule has 1 aromatic rings. The average Bonchev–Trinajstić information content (AvgIpc) is 2.15. The van der Waals surface area contributed by atoms with Crippen molar-refractivity contribution in [3.63, 3.8) is 0 Å². The number of carboxylic acids is 1. The number of para-hydroxylation sites is 1. The smallest absolute Gasteiger partial charge is 0.304 e. The molecule has 0 unspecified atom stereocenters. The first-order valence-electron chi connectivity index (χ1n) is 4.93. The van der Waals surface area contributed by atoms with Crippen LogP contribution >= 0.6 is 0 Å². The lowest BCUT2D eigenvalue weighted by molar-refractivity contribution is -0.138. The number of aliphatic carboxylic acids is 1. The van der Waals surface area contributed by atoms with Crippen LogP contribution in [0.15, 0.2) is 18.2 Å². The van der Waals surface area contributed by atoms with Crippen LogP contribution in [0, 0.1) is 5.82 Å². The first-order valence-corrected chi connectivity index (χ1v) is 4.93. The standard InChI is InChI=1S/C12H15FO3/c1-12(2,7-10(14)15)8-5-4-6-9(13)11(8)16-3/h4-6H,7H2,1-3H3,(H,14,15). The number of benzene rings is 1. The number of hydrogen-bond donors (Lipinski definition) is 1. The van der Waals surface area contributed by atoms with Crippen LogP contribution in [0.1, 0.15) is 25.8 Å². The third-order valence-corrected chi connectivity index (χ3v) is 2.49. The van der Waals surface area contributed by atoms with Crippen molar-refractivity contribution in [3.05, 3.63) is 29.6 Å². The Morgan fingerprint density at radius 3 is 2.62 bits per heavy atom. The van der Waals surface area contributed by atoms with Gasteiger partial charge in [0.2, 0.25) is 0 Å². The van der Waals surface area contributed by atoms with Gasteiger partial charge in [0.05, 0.1) is 13.5 Å². The molecule has 0 aliphatic carbocycles. The van der Waals surface area contributed by atoms with Crippen molar-refractivity contribution in [2.75, 3.05) is 7.11 Å². The Bertz CT molecular complexity index is 399. The molecule has 1 rings (SSSR count). The Kier molecular flexibility index (Phi) is 3.52. The zero-order valence-electron chi connectivity index (χ0n) is 9.58. The first-order chi connectivity index (χ1) is 7.38. The fourth-order valence-electron chi connectivity index (χ4n) is 1.72. The van der Waals surface area contributed by atoms with Crippen LogP contribution in [0.3, 0.4) is 0 Å². The highest BCUT2D eigenvalue weighted by Crippen LogP contribution is 2.35. The molecule has 4 heteroatoms. The molecule has 0 aromatic heterocycles. The summed E-state index contributed by atoms with van der Waals surface area (Å²) in [4.78, 5) is 10.7. The lowest BCUT2D eigenvalue weighted by Crippen LogP contribution is -2.22. The molecule has 0 bridgehead atoms. The monoisotopic (exact) mass is 226 g/mol. The van der Waals surface area contributed by atoms with E-state index in [1.165, 1.54) is 13.2 Å². The quantitative estimate of drug-likeness (QED) is 0.858. The third-order valence-electron chi connectivity index (χ3n) is 2.49. The fourth-order valence-corrected chi connectivity index (χ4v) is 1.72. The number of ether oxygens (including phenoxy) is 1. The predicted molar refractivity (Wildman–Crippen MR) is 58.2 cm³/mol. The molecule has 0 heterocycles. The molecule has 0 radical (unpaired) electrons. The van der Waals surface area contributed by atoms with Crippen LogP contribution in [0.5, 0.6) is 5.75 Å². The van der Waals surface area contributed by atoms with Gasteiger partial charge in [-0.1, -0.05) is 26.0 Å². The maximum absolute atomic E-state index is 13.4. The maximum Gasteiger partial charge on any atom is 0.304 e. The predicted octanol–water partition coefficient (Wildman–Crippen LogP) is 2.59. The van der Waals surface area contributed by atoms with Crippen LogP contribution in [0.25, 0.3) is 0 Å². The van der Waals surface area contributed by atoms with Gasteiger partial charge in [0.15, 0.2) is 11.6 Å².